The van der Waals surface area contributed by atoms with Crippen LogP contribution < -0.4 is 10.6 Å². The zero-order valence-electron chi connectivity index (χ0n) is 11.3. The van der Waals surface area contributed by atoms with Crippen LogP contribution in [-0.2, 0) is 9.59 Å². The summed E-state index contributed by atoms with van der Waals surface area (Å²) in [5, 5.41) is 5.75. The van der Waals surface area contributed by atoms with E-state index < -0.39 is 17.6 Å². The van der Waals surface area contributed by atoms with Crippen LogP contribution in [0.25, 0.3) is 0 Å². The molecule has 0 spiro atoms. The lowest BCUT2D eigenvalue weighted by Crippen LogP contribution is -2.35. The molecule has 1 atom stereocenters. The molecule has 2 rings (SSSR count). The molecule has 1 aliphatic heterocycles. The summed E-state index contributed by atoms with van der Waals surface area (Å²) in [6.45, 7) is 2.58. The first-order valence-electron chi connectivity index (χ1n) is 6.68. The lowest BCUT2D eigenvalue weighted by atomic mass is 9.91. The van der Waals surface area contributed by atoms with Gasteiger partial charge >= 0.3 is 0 Å². The van der Waals surface area contributed by atoms with Crippen molar-refractivity contribution in [2.45, 2.75) is 25.7 Å². The smallest absolute Gasteiger partial charge is 0.288 e. The van der Waals surface area contributed by atoms with Gasteiger partial charge in [-0.3, -0.25) is 9.59 Å². The Morgan fingerprint density at radius 3 is 2.95 bits per heavy atom. The first-order valence-corrected chi connectivity index (χ1v) is 7.47. The van der Waals surface area contributed by atoms with E-state index in [-0.39, 0.29) is 0 Å². The Hall–Kier alpha value is -1.62. The molecule has 0 saturated carbocycles. The van der Waals surface area contributed by atoms with Gasteiger partial charge in [-0.1, -0.05) is 35.4 Å². The molecule has 2 N–H and O–H groups in total. The Labute approximate surface area is 126 Å². The molecule has 1 aromatic rings. The second-order valence-electron chi connectivity index (χ2n) is 4.69. The number of unbranched alkanes of at least 4 members (excludes halogenated alkanes) is 1. The van der Waals surface area contributed by atoms with Gasteiger partial charge in [-0.2, -0.15) is 0 Å². The lowest BCUT2D eigenvalue weighted by molar-refractivity contribution is -0.138. The van der Waals surface area contributed by atoms with Gasteiger partial charge in [-0.15, -0.1) is 0 Å². The van der Waals surface area contributed by atoms with E-state index in [4.69, 9.17) is 0 Å². The Bertz CT molecular complexity index is 555. The van der Waals surface area contributed by atoms with E-state index in [9.17, 15) is 9.59 Å². The SMILES string of the molecule is CCCCNC(=O)C(=O)C1C=CNc2ccc(Br)cc21. The number of carbonyl (C=O) groups is 2. The maximum Gasteiger partial charge on any atom is 0.288 e. The van der Waals surface area contributed by atoms with Crippen molar-refractivity contribution < 1.29 is 9.59 Å². The fourth-order valence-corrected chi connectivity index (χ4v) is 2.47. The fraction of sp³-hybridized carbons (Fsp3) is 0.333. The Balaban J connectivity index is 2.14. The summed E-state index contributed by atoms with van der Waals surface area (Å²) in [6.07, 6.45) is 5.29. The van der Waals surface area contributed by atoms with Crippen molar-refractivity contribution in [3.8, 4) is 0 Å². The summed E-state index contributed by atoms with van der Waals surface area (Å²) in [7, 11) is 0. The van der Waals surface area contributed by atoms with Crippen LogP contribution in [-0.4, -0.2) is 18.2 Å². The monoisotopic (exact) mass is 336 g/mol. The molecule has 0 aliphatic carbocycles. The maximum absolute atomic E-state index is 12.3. The second-order valence-corrected chi connectivity index (χ2v) is 5.60. The third-order valence-corrected chi connectivity index (χ3v) is 3.69. The number of allylic oxidation sites excluding steroid dienone is 1. The Morgan fingerprint density at radius 2 is 2.20 bits per heavy atom. The molecule has 1 amide bonds. The van der Waals surface area contributed by atoms with E-state index in [1.807, 2.05) is 25.1 Å². The molecule has 1 aliphatic rings. The average Bonchev–Trinajstić information content (AvgIpc) is 2.46. The van der Waals surface area contributed by atoms with Crippen molar-refractivity contribution in [2.75, 3.05) is 11.9 Å². The molecular formula is C15H17BrN2O2. The highest BCUT2D eigenvalue weighted by Gasteiger charge is 2.28. The van der Waals surface area contributed by atoms with E-state index >= 15 is 0 Å². The van der Waals surface area contributed by atoms with Crippen LogP contribution >= 0.6 is 15.9 Å². The zero-order valence-corrected chi connectivity index (χ0v) is 12.9. The number of nitrogens with one attached hydrogen (secondary N) is 2. The van der Waals surface area contributed by atoms with Gasteiger partial charge in [0, 0.05) is 16.7 Å². The molecule has 1 heterocycles. The van der Waals surface area contributed by atoms with Crippen molar-refractivity contribution in [2.24, 2.45) is 0 Å². The number of anilines is 1. The Morgan fingerprint density at radius 1 is 1.40 bits per heavy atom. The molecule has 1 unspecified atom stereocenters. The molecule has 4 nitrogen and oxygen atoms in total. The van der Waals surface area contributed by atoms with Gasteiger partial charge in [0.25, 0.3) is 5.91 Å². The van der Waals surface area contributed by atoms with Crippen LogP contribution in [0.15, 0.2) is 34.9 Å². The molecule has 5 heteroatoms. The van der Waals surface area contributed by atoms with E-state index in [1.165, 1.54) is 0 Å². The number of hydrogen-bond donors (Lipinski definition) is 2. The molecule has 106 valence electrons. The van der Waals surface area contributed by atoms with Crippen LogP contribution in [0.4, 0.5) is 5.69 Å². The first-order chi connectivity index (χ1) is 9.63. The Kier molecular flexibility index (Phi) is 4.95. The summed E-state index contributed by atoms with van der Waals surface area (Å²) >= 11 is 3.39. The summed E-state index contributed by atoms with van der Waals surface area (Å²) < 4.78 is 0.887. The fourth-order valence-electron chi connectivity index (χ4n) is 2.10. The number of hydrogen-bond acceptors (Lipinski definition) is 3. The largest absolute Gasteiger partial charge is 0.362 e. The highest BCUT2D eigenvalue weighted by molar-refractivity contribution is 9.10. The lowest BCUT2D eigenvalue weighted by Gasteiger charge is -2.20. The topological polar surface area (TPSA) is 58.2 Å². The van der Waals surface area contributed by atoms with Crippen LogP contribution in [0.1, 0.15) is 31.2 Å². The van der Waals surface area contributed by atoms with Gasteiger partial charge in [0.05, 0.1) is 5.92 Å². The first kappa shape index (κ1) is 14.8. The molecule has 0 radical (unpaired) electrons. The minimum Gasteiger partial charge on any atom is -0.362 e. The van der Waals surface area contributed by atoms with Crippen LogP contribution in [0.2, 0.25) is 0 Å². The number of halogens is 1. The summed E-state index contributed by atoms with van der Waals surface area (Å²) in [4.78, 5) is 24.1. The van der Waals surface area contributed by atoms with Crippen molar-refractivity contribution >= 4 is 33.3 Å². The normalized spacial score (nSPS) is 16.2. The van der Waals surface area contributed by atoms with Gasteiger partial charge in [0.2, 0.25) is 5.78 Å². The second kappa shape index (κ2) is 6.70. The quantitative estimate of drug-likeness (QED) is 0.642. The van der Waals surface area contributed by atoms with Gasteiger partial charge in [0.1, 0.15) is 0 Å². The molecular weight excluding hydrogens is 320 g/mol. The number of Topliss-reactive ketones (excluding diaryl/α,β-unsaturated/α-hetero) is 1. The van der Waals surface area contributed by atoms with Crippen LogP contribution in [0, 0.1) is 0 Å². The van der Waals surface area contributed by atoms with Gasteiger partial charge in [0.15, 0.2) is 0 Å². The number of ketones is 1. The minimum atomic E-state index is -0.523. The third-order valence-electron chi connectivity index (χ3n) is 3.20. The molecule has 20 heavy (non-hydrogen) atoms. The van der Waals surface area contributed by atoms with Crippen molar-refractivity contribution in [3.63, 3.8) is 0 Å². The molecule has 0 fully saturated rings. The van der Waals surface area contributed by atoms with E-state index in [0.717, 1.165) is 28.6 Å². The van der Waals surface area contributed by atoms with Crippen molar-refractivity contribution in [3.05, 3.63) is 40.5 Å². The number of amides is 1. The van der Waals surface area contributed by atoms with E-state index in [1.54, 1.807) is 12.3 Å². The standard InChI is InChI=1S/C15H17BrN2O2/c1-2-3-7-18-15(20)14(19)11-6-8-17-13-5-4-10(16)9-12(11)13/h4-6,8-9,11,17H,2-3,7H2,1H3,(H,18,20). The van der Waals surface area contributed by atoms with Crippen molar-refractivity contribution in [1.29, 1.82) is 0 Å². The predicted molar refractivity (Wildman–Crippen MR) is 82.6 cm³/mol. The van der Waals surface area contributed by atoms with Crippen LogP contribution in [0.5, 0.6) is 0 Å². The van der Waals surface area contributed by atoms with Crippen molar-refractivity contribution in [1.82, 2.24) is 5.32 Å². The highest BCUT2D eigenvalue weighted by Crippen LogP contribution is 2.32. The van der Waals surface area contributed by atoms with Gasteiger partial charge < -0.3 is 10.6 Å². The summed E-state index contributed by atoms with van der Waals surface area (Å²) in [6, 6.07) is 5.65. The third kappa shape index (κ3) is 3.28. The molecule has 0 bridgehead atoms. The van der Waals surface area contributed by atoms with E-state index in [0.29, 0.717) is 6.54 Å². The van der Waals surface area contributed by atoms with E-state index in [2.05, 4.69) is 26.6 Å². The zero-order chi connectivity index (χ0) is 14.5. The summed E-state index contributed by atoms with van der Waals surface area (Å²) in [5.41, 5.74) is 1.67. The van der Waals surface area contributed by atoms with Gasteiger partial charge in [-0.25, -0.2) is 0 Å². The number of fused-ring (bicyclic) bond motifs is 1. The average molecular weight is 337 g/mol. The highest BCUT2D eigenvalue weighted by atomic mass is 79.9. The number of benzene rings is 1. The molecule has 1 aromatic carbocycles. The number of rotatable bonds is 5. The summed E-state index contributed by atoms with van der Waals surface area (Å²) in [5.74, 6) is -1.45. The molecule has 0 saturated heterocycles. The number of carbonyl (C=O) groups excluding carboxylic acids is 2. The van der Waals surface area contributed by atoms with Crippen LogP contribution in [0.3, 0.4) is 0 Å². The predicted octanol–water partition coefficient (Wildman–Crippen LogP) is 2.96. The maximum atomic E-state index is 12.3. The minimum absolute atomic E-state index is 0.418. The van der Waals surface area contributed by atoms with Gasteiger partial charge in [-0.05, 0) is 36.4 Å². The molecule has 0 aromatic heterocycles.